The maximum Gasteiger partial charge on any atom is 0.416 e. The average molecular weight is 469 g/mol. The quantitative estimate of drug-likeness (QED) is 0.396. The van der Waals surface area contributed by atoms with E-state index in [0.29, 0.717) is 22.5 Å². The number of primary sulfonamides is 1. The molecule has 4 rings (SSSR count). The molecule has 4 nitrogen and oxygen atoms in total. The van der Waals surface area contributed by atoms with Crippen LogP contribution in [0.3, 0.4) is 0 Å². The molecule has 3 aromatic carbocycles. The summed E-state index contributed by atoms with van der Waals surface area (Å²) in [7, 11) is -3.83. The molecule has 4 aromatic rings. The van der Waals surface area contributed by atoms with Gasteiger partial charge in [0.25, 0.3) is 0 Å². The Bertz CT molecular complexity index is 1430. The first kappa shape index (κ1) is 22.7. The normalized spacial score (nSPS) is 12.0. The molecule has 0 atom stereocenters. The van der Waals surface area contributed by atoms with Gasteiger partial charge in [0, 0.05) is 11.3 Å². The van der Waals surface area contributed by atoms with Crippen LogP contribution in [0.15, 0.2) is 89.8 Å². The Balaban J connectivity index is 1.73. The van der Waals surface area contributed by atoms with Crippen molar-refractivity contribution in [2.24, 2.45) is 5.14 Å². The summed E-state index contributed by atoms with van der Waals surface area (Å²) in [5.74, 6) is 0. The Kier molecular flexibility index (Phi) is 5.82. The zero-order valence-electron chi connectivity index (χ0n) is 17.5. The summed E-state index contributed by atoms with van der Waals surface area (Å²) in [4.78, 5) is 4.60. The van der Waals surface area contributed by atoms with Crippen molar-refractivity contribution in [1.29, 1.82) is 0 Å². The van der Waals surface area contributed by atoms with Gasteiger partial charge in [-0.3, -0.25) is 4.98 Å². The summed E-state index contributed by atoms with van der Waals surface area (Å²) < 4.78 is 62.1. The minimum atomic E-state index is -4.39. The van der Waals surface area contributed by atoms with E-state index in [1.807, 2.05) is 43.3 Å². The number of hydrogen-bond acceptors (Lipinski definition) is 3. The van der Waals surface area contributed by atoms with Crippen LogP contribution in [0.4, 0.5) is 13.2 Å². The molecule has 0 fully saturated rings. The molecule has 0 aliphatic carbocycles. The number of pyridine rings is 1. The maximum atomic E-state index is 12.9. The van der Waals surface area contributed by atoms with Gasteiger partial charge in [0.2, 0.25) is 10.0 Å². The predicted molar refractivity (Wildman–Crippen MR) is 122 cm³/mol. The van der Waals surface area contributed by atoms with Gasteiger partial charge in [-0.2, -0.15) is 13.2 Å². The molecule has 2 N–H and O–H groups in total. The van der Waals surface area contributed by atoms with Crippen molar-refractivity contribution in [2.45, 2.75) is 18.0 Å². The van der Waals surface area contributed by atoms with Crippen LogP contribution >= 0.6 is 0 Å². The first-order valence-electron chi connectivity index (χ1n) is 9.91. The van der Waals surface area contributed by atoms with Crippen LogP contribution in [0.5, 0.6) is 0 Å². The lowest BCUT2D eigenvalue weighted by molar-refractivity contribution is -0.137. The van der Waals surface area contributed by atoms with Gasteiger partial charge in [0.15, 0.2) is 0 Å². The van der Waals surface area contributed by atoms with Crippen LogP contribution in [0.25, 0.3) is 33.5 Å². The molecule has 0 aliphatic rings. The van der Waals surface area contributed by atoms with E-state index in [2.05, 4.69) is 4.98 Å². The summed E-state index contributed by atoms with van der Waals surface area (Å²) >= 11 is 0. The van der Waals surface area contributed by atoms with Gasteiger partial charge < -0.3 is 0 Å². The number of sulfonamides is 1. The Morgan fingerprint density at radius 1 is 0.727 bits per heavy atom. The van der Waals surface area contributed by atoms with Crippen molar-refractivity contribution in [3.63, 3.8) is 0 Å². The second-order valence-electron chi connectivity index (χ2n) is 7.61. The number of nitrogens with zero attached hydrogens (tertiary/aromatic N) is 1. The van der Waals surface area contributed by atoms with Crippen LogP contribution in [-0.2, 0) is 16.2 Å². The summed E-state index contributed by atoms with van der Waals surface area (Å²) in [6.45, 7) is 1.82. The van der Waals surface area contributed by atoms with Gasteiger partial charge in [-0.1, -0.05) is 42.5 Å². The van der Waals surface area contributed by atoms with Crippen LogP contribution in [0.2, 0.25) is 0 Å². The molecule has 8 heteroatoms. The van der Waals surface area contributed by atoms with Gasteiger partial charge in [0.1, 0.15) is 0 Å². The molecule has 0 aliphatic heterocycles. The molecular weight excluding hydrogens is 449 g/mol. The largest absolute Gasteiger partial charge is 0.416 e. The highest BCUT2D eigenvalue weighted by molar-refractivity contribution is 7.89. The minimum absolute atomic E-state index is 0.0173. The Labute approximate surface area is 189 Å². The second kappa shape index (κ2) is 8.46. The van der Waals surface area contributed by atoms with Crippen molar-refractivity contribution in [2.75, 3.05) is 0 Å². The van der Waals surface area contributed by atoms with E-state index in [4.69, 9.17) is 5.14 Å². The van der Waals surface area contributed by atoms with Crippen molar-refractivity contribution >= 4 is 10.0 Å². The predicted octanol–water partition coefficient (Wildman–Crippen LogP) is 6.06. The lowest BCUT2D eigenvalue weighted by Crippen LogP contribution is -2.11. The molecule has 0 bridgehead atoms. The Morgan fingerprint density at radius 3 is 1.97 bits per heavy atom. The highest BCUT2D eigenvalue weighted by Crippen LogP contribution is 2.33. The molecule has 0 unspecified atom stereocenters. The van der Waals surface area contributed by atoms with E-state index in [9.17, 15) is 21.6 Å². The molecule has 0 saturated heterocycles. The SMILES string of the molecule is Cc1cc(-c2ccc(C(F)(F)F)cc2)cc(-c2cccc(-c3cccc(S(N)(=O)=O)c3)c2)n1. The van der Waals surface area contributed by atoms with Crippen LogP contribution in [-0.4, -0.2) is 13.4 Å². The highest BCUT2D eigenvalue weighted by atomic mass is 32.2. The first-order valence-corrected chi connectivity index (χ1v) is 11.5. The fraction of sp³-hybridized carbons (Fsp3) is 0.0800. The van der Waals surface area contributed by atoms with Gasteiger partial charge in [-0.25, -0.2) is 13.6 Å². The van der Waals surface area contributed by atoms with Gasteiger partial charge in [0.05, 0.1) is 16.2 Å². The summed E-state index contributed by atoms with van der Waals surface area (Å²) in [5, 5.41) is 5.25. The molecule has 33 heavy (non-hydrogen) atoms. The van der Waals surface area contributed by atoms with Crippen molar-refractivity contribution in [1.82, 2.24) is 4.98 Å². The van der Waals surface area contributed by atoms with Crippen molar-refractivity contribution < 1.29 is 21.6 Å². The molecule has 0 radical (unpaired) electrons. The van der Waals surface area contributed by atoms with Crippen LogP contribution in [0.1, 0.15) is 11.3 Å². The Hall–Kier alpha value is -3.49. The number of nitrogens with two attached hydrogens (primary N) is 1. The minimum Gasteiger partial charge on any atom is -0.253 e. The number of alkyl halides is 3. The Morgan fingerprint density at radius 2 is 1.33 bits per heavy atom. The standard InChI is InChI=1S/C25H19F3N2O2S/c1-16-12-21(17-8-10-22(11-9-17)25(26,27)28)15-24(30-16)20-6-2-4-18(13-20)19-5-3-7-23(14-19)33(29,31)32/h2-15H,1H3,(H2,29,31,32). The third-order valence-electron chi connectivity index (χ3n) is 5.15. The summed E-state index contributed by atoms with van der Waals surface area (Å²) in [6, 6.07) is 22.4. The molecular formula is C25H19F3N2O2S. The summed E-state index contributed by atoms with van der Waals surface area (Å²) in [5.41, 5.74) is 4.28. The lowest BCUT2D eigenvalue weighted by atomic mass is 9.98. The van der Waals surface area contributed by atoms with Gasteiger partial charge >= 0.3 is 6.18 Å². The third kappa shape index (κ3) is 5.13. The van der Waals surface area contributed by atoms with E-state index in [0.717, 1.165) is 28.8 Å². The number of aromatic nitrogens is 1. The third-order valence-corrected chi connectivity index (χ3v) is 6.06. The number of hydrogen-bond donors (Lipinski definition) is 1. The van der Waals surface area contributed by atoms with Crippen LogP contribution in [0, 0.1) is 6.92 Å². The smallest absolute Gasteiger partial charge is 0.253 e. The van der Waals surface area contributed by atoms with E-state index >= 15 is 0 Å². The molecule has 0 spiro atoms. The van der Waals surface area contributed by atoms with E-state index in [-0.39, 0.29) is 4.90 Å². The van der Waals surface area contributed by atoms with Gasteiger partial charge in [-0.15, -0.1) is 0 Å². The zero-order valence-corrected chi connectivity index (χ0v) is 18.3. The van der Waals surface area contributed by atoms with E-state index in [1.165, 1.54) is 24.3 Å². The van der Waals surface area contributed by atoms with E-state index < -0.39 is 21.8 Å². The lowest BCUT2D eigenvalue weighted by Gasteiger charge is -2.11. The summed E-state index contributed by atoms with van der Waals surface area (Å²) in [6.07, 6.45) is -4.39. The fourth-order valence-electron chi connectivity index (χ4n) is 3.55. The molecule has 1 aromatic heterocycles. The molecule has 1 heterocycles. The van der Waals surface area contributed by atoms with Gasteiger partial charge in [-0.05, 0) is 71.6 Å². The first-order chi connectivity index (χ1) is 15.5. The monoisotopic (exact) mass is 468 g/mol. The van der Waals surface area contributed by atoms with E-state index in [1.54, 1.807) is 12.1 Å². The highest BCUT2D eigenvalue weighted by Gasteiger charge is 2.30. The molecule has 168 valence electrons. The van der Waals surface area contributed by atoms with Crippen LogP contribution < -0.4 is 5.14 Å². The van der Waals surface area contributed by atoms with Crippen molar-refractivity contribution in [3.8, 4) is 33.5 Å². The topological polar surface area (TPSA) is 73.1 Å². The number of rotatable bonds is 4. The van der Waals surface area contributed by atoms with Crippen molar-refractivity contribution in [3.05, 3.63) is 96.2 Å². The zero-order chi connectivity index (χ0) is 23.8. The number of halogens is 3. The molecule has 0 saturated carbocycles. The second-order valence-corrected chi connectivity index (χ2v) is 9.17. The molecule has 0 amide bonds. The fourth-order valence-corrected chi connectivity index (χ4v) is 4.10. The maximum absolute atomic E-state index is 12.9. The average Bonchev–Trinajstić information content (AvgIpc) is 2.78. The number of aryl methyl sites for hydroxylation is 1. The number of benzene rings is 3.